The Kier molecular flexibility index (Phi) is 1.27. The van der Waals surface area contributed by atoms with Gasteiger partial charge in [-0.3, -0.25) is 4.90 Å². The van der Waals surface area contributed by atoms with Gasteiger partial charge in [-0.05, 0) is 51.9 Å². The molecule has 3 aliphatic rings. The minimum Gasteiger partial charge on any atom is -0.292 e. The molecular weight excluding hydrogens is 146 g/mol. The summed E-state index contributed by atoms with van der Waals surface area (Å²) in [5, 5.41) is 0. The summed E-state index contributed by atoms with van der Waals surface area (Å²) in [6.45, 7) is 4.94. The molecule has 1 saturated carbocycles. The predicted molar refractivity (Wildman–Crippen MR) is 50.1 cm³/mol. The summed E-state index contributed by atoms with van der Waals surface area (Å²) in [6, 6.07) is 1.85. The highest BCUT2D eigenvalue weighted by atomic mass is 15.3. The van der Waals surface area contributed by atoms with E-state index < -0.39 is 0 Å². The molecule has 0 radical (unpaired) electrons. The highest BCUT2D eigenvalue weighted by molar-refractivity contribution is 5.12. The average Bonchev–Trinajstić information content (AvgIpc) is 2.63. The first-order valence-electron chi connectivity index (χ1n) is 5.50. The van der Waals surface area contributed by atoms with E-state index in [1.807, 2.05) is 0 Å². The molecule has 0 aromatic heterocycles. The van der Waals surface area contributed by atoms with E-state index >= 15 is 0 Å². The third kappa shape index (κ3) is 0.654. The van der Waals surface area contributed by atoms with Crippen LogP contribution in [0.4, 0.5) is 0 Å². The standard InChI is InChI=1S/C11H19N/c1-8-5-6-11(2)9-3-4-10(7-9)12(8)11/h8-10H,3-7H2,1-2H3. The first kappa shape index (κ1) is 7.37. The Labute approximate surface area is 75.1 Å². The molecule has 12 heavy (non-hydrogen) atoms. The zero-order chi connectivity index (χ0) is 8.34. The van der Waals surface area contributed by atoms with Crippen molar-refractivity contribution in [2.45, 2.75) is 63.6 Å². The molecule has 0 spiro atoms. The van der Waals surface area contributed by atoms with Crippen molar-refractivity contribution < 1.29 is 0 Å². The minimum absolute atomic E-state index is 0.627. The van der Waals surface area contributed by atoms with Crippen LogP contribution in [0.2, 0.25) is 0 Å². The van der Waals surface area contributed by atoms with E-state index in [2.05, 4.69) is 18.7 Å². The molecule has 3 fully saturated rings. The van der Waals surface area contributed by atoms with Crippen molar-refractivity contribution in [3.05, 3.63) is 0 Å². The Morgan fingerprint density at radius 3 is 2.83 bits per heavy atom. The summed E-state index contributed by atoms with van der Waals surface area (Å²) >= 11 is 0. The number of rotatable bonds is 0. The van der Waals surface area contributed by atoms with Crippen LogP contribution in [0.3, 0.4) is 0 Å². The third-order valence-electron chi connectivity index (χ3n) is 4.81. The summed E-state index contributed by atoms with van der Waals surface area (Å²) in [6.07, 6.45) is 7.44. The van der Waals surface area contributed by atoms with Gasteiger partial charge in [0.15, 0.2) is 0 Å². The first-order valence-corrected chi connectivity index (χ1v) is 5.50. The van der Waals surface area contributed by atoms with E-state index in [9.17, 15) is 0 Å². The predicted octanol–water partition coefficient (Wildman–Crippen LogP) is 2.41. The van der Waals surface area contributed by atoms with E-state index in [0.717, 1.165) is 18.0 Å². The van der Waals surface area contributed by atoms with E-state index in [4.69, 9.17) is 0 Å². The van der Waals surface area contributed by atoms with Crippen molar-refractivity contribution in [3.63, 3.8) is 0 Å². The molecule has 68 valence electrons. The van der Waals surface area contributed by atoms with Gasteiger partial charge in [0.2, 0.25) is 0 Å². The molecule has 2 heterocycles. The Morgan fingerprint density at radius 1 is 1.25 bits per heavy atom. The van der Waals surface area contributed by atoms with Crippen molar-refractivity contribution in [2.75, 3.05) is 0 Å². The van der Waals surface area contributed by atoms with E-state index in [1.165, 1.54) is 32.1 Å². The fourth-order valence-electron chi connectivity index (χ4n) is 4.24. The Morgan fingerprint density at radius 2 is 2.08 bits per heavy atom. The van der Waals surface area contributed by atoms with Crippen molar-refractivity contribution in [3.8, 4) is 0 Å². The molecule has 1 aliphatic carbocycles. The van der Waals surface area contributed by atoms with E-state index in [1.54, 1.807) is 0 Å². The van der Waals surface area contributed by atoms with Crippen LogP contribution in [0, 0.1) is 5.92 Å². The molecular formula is C11H19N. The molecule has 4 unspecified atom stereocenters. The van der Waals surface area contributed by atoms with Crippen LogP contribution >= 0.6 is 0 Å². The SMILES string of the molecule is CC1CCC2(C)C3CCC(C3)N12. The van der Waals surface area contributed by atoms with Crippen molar-refractivity contribution in [2.24, 2.45) is 5.92 Å². The van der Waals surface area contributed by atoms with Gasteiger partial charge in [0.25, 0.3) is 0 Å². The second-order valence-electron chi connectivity index (χ2n) is 5.32. The quantitative estimate of drug-likeness (QED) is 0.533. The molecule has 2 bridgehead atoms. The van der Waals surface area contributed by atoms with Gasteiger partial charge in [-0.2, -0.15) is 0 Å². The second-order valence-corrected chi connectivity index (χ2v) is 5.32. The molecule has 1 nitrogen and oxygen atoms in total. The fourth-order valence-corrected chi connectivity index (χ4v) is 4.24. The third-order valence-corrected chi connectivity index (χ3v) is 4.81. The minimum atomic E-state index is 0.627. The van der Waals surface area contributed by atoms with Gasteiger partial charge in [-0.15, -0.1) is 0 Å². The van der Waals surface area contributed by atoms with Crippen LogP contribution in [0.5, 0.6) is 0 Å². The zero-order valence-electron chi connectivity index (χ0n) is 8.21. The van der Waals surface area contributed by atoms with Crippen LogP contribution < -0.4 is 0 Å². The Hall–Kier alpha value is -0.0400. The van der Waals surface area contributed by atoms with Gasteiger partial charge in [-0.1, -0.05) is 0 Å². The fraction of sp³-hybridized carbons (Fsp3) is 1.00. The molecule has 3 rings (SSSR count). The molecule has 2 aliphatic heterocycles. The van der Waals surface area contributed by atoms with Crippen LogP contribution in [0.15, 0.2) is 0 Å². The summed E-state index contributed by atoms with van der Waals surface area (Å²) in [5.74, 6) is 1.05. The van der Waals surface area contributed by atoms with Gasteiger partial charge >= 0.3 is 0 Å². The van der Waals surface area contributed by atoms with Gasteiger partial charge in [0, 0.05) is 17.6 Å². The molecule has 0 aromatic rings. The molecule has 0 N–H and O–H groups in total. The second kappa shape index (κ2) is 2.06. The summed E-state index contributed by atoms with van der Waals surface area (Å²) in [5.41, 5.74) is 0.627. The molecule has 0 amide bonds. The normalized spacial score (nSPS) is 58.0. The average molecular weight is 165 g/mol. The number of nitrogens with zero attached hydrogens (tertiary/aromatic N) is 1. The Balaban J connectivity index is 1.99. The van der Waals surface area contributed by atoms with Crippen LogP contribution in [0.25, 0.3) is 0 Å². The highest BCUT2D eigenvalue weighted by Gasteiger charge is 2.57. The lowest BCUT2D eigenvalue weighted by Gasteiger charge is -2.41. The zero-order valence-corrected chi connectivity index (χ0v) is 8.21. The molecule has 2 saturated heterocycles. The summed E-state index contributed by atoms with van der Waals surface area (Å²) in [4.78, 5) is 2.85. The number of hydrogen-bond donors (Lipinski definition) is 0. The lowest BCUT2D eigenvalue weighted by molar-refractivity contribution is 0.0708. The number of hydrogen-bond acceptors (Lipinski definition) is 1. The largest absolute Gasteiger partial charge is 0.292 e. The number of fused-ring (bicyclic) bond motifs is 5. The van der Waals surface area contributed by atoms with Crippen molar-refractivity contribution in [1.29, 1.82) is 0 Å². The summed E-state index contributed by atoms with van der Waals surface area (Å²) < 4.78 is 0. The van der Waals surface area contributed by atoms with Crippen LogP contribution in [-0.4, -0.2) is 22.5 Å². The number of piperidine rings is 1. The first-order chi connectivity index (χ1) is 5.72. The van der Waals surface area contributed by atoms with Gasteiger partial charge in [0.1, 0.15) is 0 Å². The molecule has 1 heteroatoms. The van der Waals surface area contributed by atoms with Crippen LogP contribution in [-0.2, 0) is 0 Å². The maximum absolute atomic E-state index is 2.85. The summed E-state index contributed by atoms with van der Waals surface area (Å²) in [7, 11) is 0. The topological polar surface area (TPSA) is 3.24 Å². The maximum Gasteiger partial charge on any atom is 0.0216 e. The monoisotopic (exact) mass is 165 g/mol. The lowest BCUT2D eigenvalue weighted by Crippen LogP contribution is -2.48. The molecule has 4 atom stereocenters. The smallest absolute Gasteiger partial charge is 0.0216 e. The Bertz CT molecular complexity index is 213. The molecule has 0 aromatic carbocycles. The van der Waals surface area contributed by atoms with Crippen LogP contribution in [0.1, 0.15) is 46.0 Å². The van der Waals surface area contributed by atoms with E-state index in [0.29, 0.717) is 5.54 Å². The van der Waals surface area contributed by atoms with E-state index in [-0.39, 0.29) is 0 Å². The van der Waals surface area contributed by atoms with Crippen molar-refractivity contribution in [1.82, 2.24) is 4.90 Å². The lowest BCUT2D eigenvalue weighted by atomic mass is 9.84. The highest BCUT2D eigenvalue weighted by Crippen LogP contribution is 2.55. The van der Waals surface area contributed by atoms with Crippen molar-refractivity contribution >= 4 is 0 Å². The van der Waals surface area contributed by atoms with Gasteiger partial charge in [-0.25, -0.2) is 0 Å². The van der Waals surface area contributed by atoms with Gasteiger partial charge < -0.3 is 0 Å². The van der Waals surface area contributed by atoms with Gasteiger partial charge in [0.05, 0.1) is 0 Å². The maximum atomic E-state index is 2.85.